The molecule has 23 heavy (non-hydrogen) atoms. The van der Waals surface area contributed by atoms with E-state index in [1.807, 2.05) is 42.0 Å². The lowest BCUT2D eigenvalue weighted by Gasteiger charge is -2.05. The van der Waals surface area contributed by atoms with Gasteiger partial charge in [-0.1, -0.05) is 12.1 Å². The number of nitrogens with zero attached hydrogens (tertiary/aromatic N) is 2. The standard InChI is InChI=1S/C17H14N4OS/c1-22-12-4-2-3-10(5-12)11-6-13-14(8-20-16(13)19-7-11)15-9-23-17(18)21-15/h2-9H,1H3,(H2,18,21)(H,19,20). The van der Waals surface area contributed by atoms with Crippen LogP contribution in [0.3, 0.4) is 0 Å². The Kier molecular flexibility index (Phi) is 3.24. The highest BCUT2D eigenvalue weighted by Crippen LogP contribution is 2.32. The van der Waals surface area contributed by atoms with Gasteiger partial charge in [-0.25, -0.2) is 9.97 Å². The number of anilines is 1. The molecule has 0 aliphatic carbocycles. The smallest absolute Gasteiger partial charge is 0.180 e. The molecular weight excluding hydrogens is 308 g/mol. The molecule has 4 aromatic rings. The van der Waals surface area contributed by atoms with Gasteiger partial charge in [-0.15, -0.1) is 11.3 Å². The van der Waals surface area contributed by atoms with Gasteiger partial charge in [0.25, 0.3) is 0 Å². The summed E-state index contributed by atoms with van der Waals surface area (Å²) < 4.78 is 5.30. The molecule has 0 unspecified atom stereocenters. The van der Waals surface area contributed by atoms with Gasteiger partial charge in [0.1, 0.15) is 11.4 Å². The molecular formula is C17H14N4OS. The molecule has 1 aromatic carbocycles. The van der Waals surface area contributed by atoms with E-state index in [2.05, 4.69) is 21.0 Å². The number of nitrogens with two attached hydrogens (primary N) is 1. The Hall–Kier alpha value is -2.86. The van der Waals surface area contributed by atoms with Crippen LogP contribution in [-0.2, 0) is 0 Å². The number of pyridine rings is 1. The maximum Gasteiger partial charge on any atom is 0.180 e. The highest BCUT2D eigenvalue weighted by molar-refractivity contribution is 7.13. The van der Waals surface area contributed by atoms with E-state index < -0.39 is 0 Å². The summed E-state index contributed by atoms with van der Waals surface area (Å²) in [5, 5.41) is 3.54. The summed E-state index contributed by atoms with van der Waals surface area (Å²) in [7, 11) is 1.66. The second kappa shape index (κ2) is 5.40. The number of fused-ring (bicyclic) bond motifs is 1. The summed E-state index contributed by atoms with van der Waals surface area (Å²) in [4.78, 5) is 12.1. The van der Waals surface area contributed by atoms with Gasteiger partial charge in [0.2, 0.25) is 0 Å². The molecule has 5 nitrogen and oxygen atoms in total. The zero-order valence-corrected chi connectivity index (χ0v) is 13.2. The zero-order valence-electron chi connectivity index (χ0n) is 12.4. The summed E-state index contributed by atoms with van der Waals surface area (Å²) in [6.07, 6.45) is 3.77. The third-order valence-corrected chi connectivity index (χ3v) is 4.41. The summed E-state index contributed by atoms with van der Waals surface area (Å²) in [5.41, 5.74) is 10.5. The van der Waals surface area contributed by atoms with Crippen LogP contribution < -0.4 is 10.5 Å². The number of nitrogens with one attached hydrogen (secondary N) is 1. The predicted molar refractivity (Wildman–Crippen MR) is 93.6 cm³/mol. The monoisotopic (exact) mass is 322 g/mol. The first kappa shape index (κ1) is 13.8. The fraction of sp³-hybridized carbons (Fsp3) is 0.0588. The number of H-pyrrole nitrogens is 1. The number of benzene rings is 1. The number of nitrogen functional groups attached to an aromatic ring is 1. The molecule has 0 atom stereocenters. The first-order valence-electron chi connectivity index (χ1n) is 7.07. The molecule has 0 saturated heterocycles. The minimum Gasteiger partial charge on any atom is -0.497 e. The van der Waals surface area contributed by atoms with Crippen molar-refractivity contribution >= 4 is 27.5 Å². The lowest BCUT2D eigenvalue weighted by Crippen LogP contribution is -1.86. The number of rotatable bonds is 3. The Morgan fingerprint density at radius 2 is 2.13 bits per heavy atom. The van der Waals surface area contributed by atoms with E-state index in [0.29, 0.717) is 5.13 Å². The van der Waals surface area contributed by atoms with Gasteiger partial charge < -0.3 is 15.5 Å². The number of thiazole rings is 1. The van der Waals surface area contributed by atoms with Crippen LogP contribution in [0.15, 0.2) is 48.1 Å². The van der Waals surface area contributed by atoms with Crippen molar-refractivity contribution in [3.05, 3.63) is 48.1 Å². The number of hydrogen-bond donors (Lipinski definition) is 2. The van der Waals surface area contributed by atoms with Gasteiger partial charge in [0.15, 0.2) is 5.13 Å². The van der Waals surface area contributed by atoms with E-state index in [1.165, 1.54) is 11.3 Å². The van der Waals surface area contributed by atoms with E-state index in [4.69, 9.17) is 10.5 Å². The zero-order chi connectivity index (χ0) is 15.8. The van der Waals surface area contributed by atoms with Gasteiger partial charge >= 0.3 is 0 Å². The lowest BCUT2D eigenvalue weighted by molar-refractivity contribution is 0.415. The molecule has 3 aromatic heterocycles. The molecule has 0 aliphatic rings. The largest absolute Gasteiger partial charge is 0.497 e. The molecule has 114 valence electrons. The third-order valence-electron chi connectivity index (χ3n) is 3.73. The number of aromatic nitrogens is 3. The van der Waals surface area contributed by atoms with Crippen molar-refractivity contribution in [3.8, 4) is 28.1 Å². The topological polar surface area (TPSA) is 76.8 Å². The molecule has 0 saturated carbocycles. The third kappa shape index (κ3) is 2.43. The SMILES string of the molecule is COc1cccc(-c2cnc3[nH]cc(-c4csc(N)n4)c3c2)c1. The second-order valence-electron chi connectivity index (χ2n) is 5.13. The Morgan fingerprint density at radius 3 is 2.91 bits per heavy atom. The summed E-state index contributed by atoms with van der Waals surface area (Å²) in [6.45, 7) is 0. The molecule has 0 amide bonds. The van der Waals surface area contributed by atoms with Crippen LogP contribution in [0, 0.1) is 0 Å². The normalized spacial score (nSPS) is 11.0. The first-order valence-corrected chi connectivity index (χ1v) is 7.95. The minimum atomic E-state index is 0.561. The van der Waals surface area contributed by atoms with Crippen LogP contribution in [0.2, 0.25) is 0 Å². The van der Waals surface area contributed by atoms with Crippen molar-refractivity contribution in [1.82, 2.24) is 15.0 Å². The number of hydrogen-bond acceptors (Lipinski definition) is 5. The van der Waals surface area contributed by atoms with Gasteiger partial charge in [-0.2, -0.15) is 0 Å². The Balaban J connectivity index is 1.86. The van der Waals surface area contributed by atoms with E-state index >= 15 is 0 Å². The van der Waals surface area contributed by atoms with Crippen molar-refractivity contribution < 1.29 is 4.74 Å². The Labute approximate surface area is 136 Å². The molecule has 0 aliphatic heterocycles. The highest BCUT2D eigenvalue weighted by atomic mass is 32.1. The summed E-state index contributed by atoms with van der Waals surface area (Å²) >= 11 is 1.43. The fourth-order valence-electron chi connectivity index (χ4n) is 2.59. The van der Waals surface area contributed by atoms with E-state index in [0.717, 1.165) is 39.2 Å². The summed E-state index contributed by atoms with van der Waals surface area (Å²) in [6, 6.07) is 10.0. The molecule has 0 spiro atoms. The van der Waals surface area contributed by atoms with E-state index in [1.54, 1.807) is 7.11 Å². The predicted octanol–water partition coefficient (Wildman–Crippen LogP) is 3.94. The molecule has 4 rings (SSSR count). The van der Waals surface area contributed by atoms with E-state index in [9.17, 15) is 0 Å². The molecule has 0 fully saturated rings. The van der Waals surface area contributed by atoms with Gasteiger partial charge in [-0.3, -0.25) is 0 Å². The minimum absolute atomic E-state index is 0.561. The van der Waals surface area contributed by atoms with Crippen molar-refractivity contribution in [3.63, 3.8) is 0 Å². The Bertz CT molecular complexity index is 989. The van der Waals surface area contributed by atoms with Crippen molar-refractivity contribution in [2.75, 3.05) is 12.8 Å². The maximum absolute atomic E-state index is 5.75. The number of aromatic amines is 1. The average Bonchev–Trinajstić information content (AvgIpc) is 3.20. The van der Waals surface area contributed by atoms with Gasteiger partial charge in [-0.05, 0) is 23.8 Å². The van der Waals surface area contributed by atoms with Crippen LogP contribution in [-0.4, -0.2) is 22.1 Å². The molecule has 3 heterocycles. The quantitative estimate of drug-likeness (QED) is 0.599. The van der Waals surface area contributed by atoms with Crippen molar-refractivity contribution in [1.29, 1.82) is 0 Å². The maximum atomic E-state index is 5.75. The van der Waals surface area contributed by atoms with Crippen molar-refractivity contribution in [2.45, 2.75) is 0 Å². The highest BCUT2D eigenvalue weighted by Gasteiger charge is 2.11. The number of methoxy groups -OCH3 is 1. The van der Waals surface area contributed by atoms with Crippen LogP contribution in [0.25, 0.3) is 33.4 Å². The summed E-state index contributed by atoms with van der Waals surface area (Å²) in [5.74, 6) is 0.823. The van der Waals surface area contributed by atoms with Gasteiger partial charge in [0.05, 0.1) is 12.8 Å². The van der Waals surface area contributed by atoms with Crippen LogP contribution in [0.4, 0.5) is 5.13 Å². The van der Waals surface area contributed by atoms with Crippen LogP contribution in [0.1, 0.15) is 0 Å². The Morgan fingerprint density at radius 1 is 1.22 bits per heavy atom. The molecule has 6 heteroatoms. The van der Waals surface area contributed by atoms with Crippen LogP contribution in [0.5, 0.6) is 5.75 Å². The molecule has 0 bridgehead atoms. The fourth-order valence-corrected chi connectivity index (χ4v) is 3.15. The average molecular weight is 322 g/mol. The number of ether oxygens (including phenoxy) is 1. The second-order valence-corrected chi connectivity index (χ2v) is 6.02. The lowest BCUT2D eigenvalue weighted by atomic mass is 10.0. The molecule has 3 N–H and O–H groups in total. The van der Waals surface area contributed by atoms with Gasteiger partial charge in [0, 0.05) is 34.3 Å². The first-order chi connectivity index (χ1) is 11.2. The molecule has 0 radical (unpaired) electrons. The van der Waals surface area contributed by atoms with Crippen LogP contribution >= 0.6 is 11.3 Å². The van der Waals surface area contributed by atoms with E-state index in [-0.39, 0.29) is 0 Å². The van der Waals surface area contributed by atoms with Crippen molar-refractivity contribution in [2.24, 2.45) is 0 Å².